The molecule has 0 atom stereocenters. The van der Waals surface area contributed by atoms with Crippen molar-refractivity contribution in [3.8, 4) is 0 Å². The quantitative estimate of drug-likeness (QED) is 0.868. The van der Waals surface area contributed by atoms with Crippen LogP contribution in [0.1, 0.15) is 36.8 Å². The molecule has 0 bridgehead atoms. The predicted molar refractivity (Wildman–Crippen MR) is 77.6 cm³/mol. The van der Waals surface area contributed by atoms with Crippen LogP contribution in [0.5, 0.6) is 0 Å². The Balaban J connectivity index is 1.86. The molecule has 0 saturated heterocycles. The van der Waals surface area contributed by atoms with E-state index in [1.54, 1.807) is 6.07 Å². The zero-order valence-electron chi connectivity index (χ0n) is 11.3. The Morgan fingerprint density at radius 2 is 2.06 bits per heavy atom. The minimum Gasteiger partial charge on any atom is -0.311 e. The fourth-order valence-corrected chi connectivity index (χ4v) is 3.67. The first kappa shape index (κ1) is 13.9. The zero-order valence-corrected chi connectivity index (χ0v) is 12.1. The van der Waals surface area contributed by atoms with E-state index >= 15 is 0 Å². The summed E-state index contributed by atoms with van der Waals surface area (Å²) in [5, 5.41) is 3.54. The number of halogens is 1. The molecule has 1 aromatic rings. The normalized spacial score (nSPS) is 18.2. The zero-order chi connectivity index (χ0) is 13.0. The first-order chi connectivity index (χ1) is 8.65. The molecule has 100 valence electrons. The second-order valence-electron chi connectivity index (χ2n) is 5.28. The largest absolute Gasteiger partial charge is 0.311 e. The van der Waals surface area contributed by atoms with Gasteiger partial charge in [-0.25, -0.2) is 4.39 Å². The summed E-state index contributed by atoms with van der Waals surface area (Å²) < 4.78 is 13.6. The lowest BCUT2D eigenvalue weighted by molar-refractivity contribution is 0.533. The average molecular weight is 267 g/mol. The molecule has 0 amide bonds. The van der Waals surface area contributed by atoms with Crippen LogP contribution in [-0.4, -0.2) is 17.5 Å². The topological polar surface area (TPSA) is 12.0 Å². The average Bonchev–Trinajstić information content (AvgIpc) is 2.83. The van der Waals surface area contributed by atoms with E-state index in [1.807, 2.05) is 30.8 Å². The van der Waals surface area contributed by atoms with Gasteiger partial charge in [0.2, 0.25) is 0 Å². The second-order valence-corrected chi connectivity index (χ2v) is 6.56. The third-order valence-electron chi connectivity index (χ3n) is 3.95. The smallest absolute Gasteiger partial charge is 0.126 e. The summed E-state index contributed by atoms with van der Waals surface area (Å²) >= 11 is 2.00. The van der Waals surface area contributed by atoms with Crippen molar-refractivity contribution < 1.29 is 4.39 Å². The number of hydrogen-bond acceptors (Lipinski definition) is 2. The highest BCUT2D eigenvalue weighted by Crippen LogP contribution is 2.39. The van der Waals surface area contributed by atoms with Gasteiger partial charge in [-0.05, 0) is 43.2 Å². The molecule has 1 fully saturated rings. The Morgan fingerprint density at radius 1 is 1.33 bits per heavy atom. The summed E-state index contributed by atoms with van der Waals surface area (Å²) in [6.45, 7) is 3.72. The van der Waals surface area contributed by atoms with Gasteiger partial charge in [0.1, 0.15) is 5.82 Å². The number of aryl methyl sites for hydroxylation is 1. The molecule has 1 nitrogen and oxygen atoms in total. The monoisotopic (exact) mass is 267 g/mol. The van der Waals surface area contributed by atoms with Gasteiger partial charge < -0.3 is 5.32 Å². The molecule has 2 rings (SSSR count). The minimum atomic E-state index is -0.116. The molecule has 1 aliphatic carbocycles. The van der Waals surface area contributed by atoms with Crippen LogP contribution in [-0.2, 0) is 6.54 Å². The van der Waals surface area contributed by atoms with Crippen LogP contribution in [0.15, 0.2) is 18.2 Å². The van der Waals surface area contributed by atoms with Crippen LogP contribution >= 0.6 is 11.8 Å². The molecule has 0 aliphatic heterocycles. The van der Waals surface area contributed by atoms with Crippen molar-refractivity contribution in [2.45, 2.75) is 43.9 Å². The lowest BCUT2D eigenvalue weighted by Crippen LogP contribution is -2.34. The molecule has 0 spiro atoms. The van der Waals surface area contributed by atoms with Gasteiger partial charge in [0.15, 0.2) is 0 Å². The lowest BCUT2D eigenvalue weighted by Gasteiger charge is -2.27. The summed E-state index contributed by atoms with van der Waals surface area (Å²) in [6.07, 6.45) is 7.58. The van der Waals surface area contributed by atoms with Gasteiger partial charge >= 0.3 is 0 Å². The molecule has 0 aromatic heterocycles. The molecule has 1 aliphatic rings. The van der Waals surface area contributed by atoms with Gasteiger partial charge in [0.25, 0.3) is 0 Å². The van der Waals surface area contributed by atoms with Gasteiger partial charge in [-0.1, -0.05) is 25.0 Å². The maximum atomic E-state index is 13.2. The van der Waals surface area contributed by atoms with Crippen LogP contribution in [0.25, 0.3) is 0 Å². The molecular weight excluding hydrogens is 245 g/mol. The Hall–Kier alpha value is -0.540. The molecule has 1 saturated carbocycles. The van der Waals surface area contributed by atoms with E-state index in [1.165, 1.54) is 31.2 Å². The van der Waals surface area contributed by atoms with Crippen LogP contribution in [0.4, 0.5) is 4.39 Å². The molecule has 0 radical (unpaired) electrons. The van der Waals surface area contributed by atoms with E-state index in [2.05, 4.69) is 11.6 Å². The van der Waals surface area contributed by atoms with Crippen LogP contribution < -0.4 is 5.32 Å². The molecule has 0 heterocycles. The summed E-state index contributed by atoms with van der Waals surface area (Å²) in [4.78, 5) is 0. The van der Waals surface area contributed by atoms with Crippen LogP contribution in [0.3, 0.4) is 0 Å². The van der Waals surface area contributed by atoms with Crippen molar-refractivity contribution in [1.82, 2.24) is 5.32 Å². The third kappa shape index (κ3) is 3.27. The summed E-state index contributed by atoms with van der Waals surface area (Å²) in [7, 11) is 0. The van der Waals surface area contributed by atoms with Crippen molar-refractivity contribution in [3.05, 3.63) is 35.1 Å². The number of rotatable bonds is 5. The van der Waals surface area contributed by atoms with E-state index in [0.717, 1.165) is 18.7 Å². The predicted octanol–water partition coefficient (Wildman–Crippen LogP) is 3.90. The molecule has 0 unspecified atom stereocenters. The van der Waals surface area contributed by atoms with Crippen LogP contribution in [0.2, 0.25) is 0 Å². The lowest BCUT2D eigenvalue weighted by atomic mass is 10.1. The van der Waals surface area contributed by atoms with Crippen molar-refractivity contribution in [2.75, 3.05) is 12.8 Å². The Labute approximate surface area is 114 Å². The van der Waals surface area contributed by atoms with Gasteiger partial charge in [-0.15, -0.1) is 0 Å². The van der Waals surface area contributed by atoms with E-state index < -0.39 is 0 Å². The maximum Gasteiger partial charge on any atom is 0.126 e. The van der Waals surface area contributed by atoms with Crippen molar-refractivity contribution in [2.24, 2.45) is 0 Å². The Morgan fingerprint density at radius 3 is 2.67 bits per heavy atom. The highest BCUT2D eigenvalue weighted by molar-refractivity contribution is 8.00. The fourth-order valence-electron chi connectivity index (χ4n) is 2.72. The van der Waals surface area contributed by atoms with Crippen molar-refractivity contribution in [1.29, 1.82) is 0 Å². The Kier molecular flexibility index (Phi) is 4.68. The number of nitrogens with one attached hydrogen (secondary N) is 1. The minimum absolute atomic E-state index is 0.116. The van der Waals surface area contributed by atoms with Gasteiger partial charge in [-0.3, -0.25) is 0 Å². The van der Waals surface area contributed by atoms with E-state index in [4.69, 9.17) is 0 Å². The van der Waals surface area contributed by atoms with Crippen molar-refractivity contribution >= 4 is 11.8 Å². The number of benzene rings is 1. The van der Waals surface area contributed by atoms with Gasteiger partial charge in [-0.2, -0.15) is 11.8 Å². The van der Waals surface area contributed by atoms with Gasteiger partial charge in [0.05, 0.1) is 0 Å². The molecule has 1 aromatic carbocycles. The van der Waals surface area contributed by atoms with E-state index in [9.17, 15) is 4.39 Å². The first-order valence-electron chi connectivity index (χ1n) is 6.66. The van der Waals surface area contributed by atoms with E-state index in [-0.39, 0.29) is 5.82 Å². The third-order valence-corrected chi connectivity index (χ3v) is 5.37. The van der Waals surface area contributed by atoms with E-state index in [0.29, 0.717) is 4.75 Å². The second kappa shape index (κ2) is 6.07. The number of hydrogen-bond donors (Lipinski definition) is 1. The fraction of sp³-hybridized carbons (Fsp3) is 0.600. The first-order valence-corrected chi connectivity index (χ1v) is 7.89. The Bertz CT molecular complexity index is 399. The molecular formula is C15H22FNS. The number of thioether (sulfide) groups is 1. The SMILES string of the molecule is CSC1(CNCc2ccc(F)c(C)c2)CCCC1. The summed E-state index contributed by atoms with van der Waals surface area (Å²) in [5.74, 6) is -0.116. The maximum absolute atomic E-state index is 13.2. The van der Waals surface area contributed by atoms with Crippen molar-refractivity contribution in [3.63, 3.8) is 0 Å². The summed E-state index contributed by atoms with van der Waals surface area (Å²) in [5.41, 5.74) is 1.90. The molecule has 3 heteroatoms. The standard InChI is InChI=1S/C15H22FNS/c1-12-9-13(5-6-14(12)16)10-17-11-15(18-2)7-3-4-8-15/h5-6,9,17H,3-4,7-8,10-11H2,1-2H3. The molecule has 1 N–H and O–H groups in total. The highest BCUT2D eigenvalue weighted by Gasteiger charge is 2.32. The highest BCUT2D eigenvalue weighted by atomic mass is 32.2. The summed E-state index contributed by atoms with van der Waals surface area (Å²) in [6, 6.07) is 5.37. The molecule has 18 heavy (non-hydrogen) atoms. The van der Waals surface area contributed by atoms with Gasteiger partial charge in [0, 0.05) is 17.8 Å². The van der Waals surface area contributed by atoms with Crippen LogP contribution in [0, 0.1) is 12.7 Å².